The van der Waals surface area contributed by atoms with E-state index >= 15 is 0 Å². The molecule has 1 aromatic rings. The van der Waals surface area contributed by atoms with Crippen molar-refractivity contribution < 1.29 is 0 Å². The van der Waals surface area contributed by atoms with Crippen LogP contribution in [0.3, 0.4) is 0 Å². The second-order valence-corrected chi connectivity index (χ2v) is 7.82. The largest absolute Gasteiger partial charge is 0.311 e. The molecular formula is C14H26N2S. The highest BCUT2D eigenvalue weighted by atomic mass is 32.1. The minimum Gasteiger partial charge on any atom is -0.311 e. The Labute approximate surface area is 110 Å². The molecular weight excluding hydrogens is 228 g/mol. The Morgan fingerprint density at radius 1 is 1.24 bits per heavy atom. The van der Waals surface area contributed by atoms with Gasteiger partial charge in [0.2, 0.25) is 0 Å². The van der Waals surface area contributed by atoms with Gasteiger partial charge in [0.1, 0.15) is 5.01 Å². The monoisotopic (exact) mass is 254 g/mol. The lowest BCUT2D eigenvalue weighted by atomic mass is 9.88. The molecule has 0 fully saturated rings. The van der Waals surface area contributed by atoms with Gasteiger partial charge >= 0.3 is 0 Å². The van der Waals surface area contributed by atoms with E-state index in [9.17, 15) is 0 Å². The summed E-state index contributed by atoms with van der Waals surface area (Å²) < 4.78 is 0. The number of nitrogens with one attached hydrogen (secondary N) is 1. The number of hydrogen-bond donors (Lipinski definition) is 1. The summed E-state index contributed by atoms with van der Waals surface area (Å²) in [7, 11) is 2.02. The van der Waals surface area contributed by atoms with Gasteiger partial charge in [0.15, 0.2) is 0 Å². The maximum Gasteiger partial charge on any atom is 0.110 e. The first-order chi connectivity index (χ1) is 7.63. The predicted molar refractivity (Wildman–Crippen MR) is 76.7 cm³/mol. The van der Waals surface area contributed by atoms with E-state index in [0.717, 1.165) is 6.42 Å². The van der Waals surface area contributed by atoms with Gasteiger partial charge in [-0.15, -0.1) is 11.3 Å². The first-order valence-corrected chi connectivity index (χ1v) is 7.14. The van der Waals surface area contributed by atoms with Crippen molar-refractivity contribution >= 4 is 11.3 Å². The van der Waals surface area contributed by atoms with Gasteiger partial charge in [0.25, 0.3) is 0 Å². The lowest BCUT2D eigenvalue weighted by Gasteiger charge is -2.24. The zero-order chi connectivity index (χ0) is 13.3. The smallest absolute Gasteiger partial charge is 0.110 e. The van der Waals surface area contributed by atoms with Crippen LogP contribution in [-0.4, -0.2) is 12.0 Å². The molecule has 0 aliphatic rings. The molecule has 0 spiro atoms. The van der Waals surface area contributed by atoms with Crippen molar-refractivity contribution in [3.63, 3.8) is 0 Å². The number of rotatable bonds is 3. The van der Waals surface area contributed by atoms with Crippen molar-refractivity contribution in [1.29, 1.82) is 0 Å². The summed E-state index contributed by atoms with van der Waals surface area (Å²) >= 11 is 1.78. The lowest BCUT2D eigenvalue weighted by molar-refractivity contribution is 0.320. The molecule has 0 amide bonds. The van der Waals surface area contributed by atoms with Crippen LogP contribution in [0.2, 0.25) is 0 Å². The van der Waals surface area contributed by atoms with Crippen molar-refractivity contribution in [2.75, 3.05) is 7.05 Å². The third kappa shape index (κ3) is 4.40. The number of thiazole rings is 1. The topological polar surface area (TPSA) is 24.9 Å². The van der Waals surface area contributed by atoms with E-state index in [1.165, 1.54) is 10.7 Å². The molecule has 2 nitrogen and oxygen atoms in total. The van der Waals surface area contributed by atoms with Gasteiger partial charge in [0.05, 0.1) is 11.7 Å². The van der Waals surface area contributed by atoms with Gasteiger partial charge < -0.3 is 5.32 Å². The fourth-order valence-corrected chi connectivity index (χ4v) is 2.87. The number of nitrogens with zero attached hydrogens (tertiary/aromatic N) is 1. The summed E-state index contributed by atoms with van der Waals surface area (Å²) in [4.78, 5) is 4.79. The predicted octanol–water partition coefficient (Wildman–Crippen LogP) is 4.14. The van der Waals surface area contributed by atoms with Crippen LogP contribution in [0.25, 0.3) is 0 Å². The van der Waals surface area contributed by atoms with Gasteiger partial charge in [-0.1, -0.05) is 41.5 Å². The van der Waals surface area contributed by atoms with E-state index < -0.39 is 0 Å². The summed E-state index contributed by atoms with van der Waals surface area (Å²) in [5.41, 5.74) is 1.67. The molecule has 1 heterocycles. The summed E-state index contributed by atoms with van der Waals surface area (Å²) in [5, 5.41) is 6.80. The zero-order valence-electron chi connectivity index (χ0n) is 12.2. The molecule has 1 aromatic heterocycles. The second kappa shape index (κ2) is 5.07. The van der Waals surface area contributed by atoms with Crippen molar-refractivity contribution in [2.24, 2.45) is 5.41 Å². The van der Waals surface area contributed by atoms with E-state index in [1.54, 1.807) is 11.3 Å². The molecule has 1 unspecified atom stereocenters. The van der Waals surface area contributed by atoms with E-state index in [1.807, 2.05) is 7.05 Å². The Bertz CT molecular complexity index is 355. The Balaban J connectivity index is 2.87. The Morgan fingerprint density at radius 2 is 1.82 bits per heavy atom. The van der Waals surface area contributed by atoms with Crippen LogP contribution >= 0.6 is 11.3 Å². The average Bonchev–Trinajstić information content (AvgIpc) is 2.60. The third-order valence-corrected chi connectivity index (χ3v) is 3.71. The van der Waals surface area contributed by atoms with Gasteiger partial charge in [-0.3, -0.25) is 0 Å². The normalized spacial score (nSPS) is 15.0. The molecule has 0 aliphatic carbocycles. The van der Waals surface area contributed by atoms with Crippen LogP contribution < -0.4 is 5.32 Å². The van der Waals surface area contributed by atoms with Crippen LogP contribution in [-0.2, 0) is 5.41 Å². The van der Waals surface area contributed by atoms with Crippen molar-refractivity contribution in [3.05, 3.63) is 16.1 Å². The lowest BCUT2D eigenvalue weighted by Crippen LogP contribution is -2.22. The van der Waals surface area contributed by atoms with Crippen molar-refractivity contribution in [1.82, 2.24) is 10.3 Å². The van der Waals surface area contributed by atoms with E-state index in [0.29, 0.717) is 11.5 Å². The average molecular weight is 254 g/mol. The molecule has 0 radical (unpaired) electrons. The SMILES string of the molecule is CNC(CC(C)(C)C)c1nc(C(C)(C)C)cs1. The minimum absolute atomic E-state index is 0.148. The number of aromatic nitrogens is 1. The number of hydrogen-bond acceptors (Lipinski definition) is 3. The van der Waals surface area contributed by atoms with Crippen LogP contribution in [0.1, 0.15) is 64.7 Å². The maximum absolute atomic E-state index is 4.79. The summed E-state index contributed by atoms with van der Waals surface area (Å²) in [6.07, 6.45) is 1.11. The Hall–Kier alpha value is -0.410. The molecule has 0 saturated heterocycles. The van der Waals surface area contributed by atoms with Crippen molar-refractivity contribution in [3.8, 4) is 0 Å². The molecule has 1 N–H and O–H groups in total. The van der Waals surface area contributed by atoms with Gasteiger partial charge in [-0.05, 0) is 18.9 Å². The van der Waals surface area contributed by atoms with Crippen LogP contribution in [0.5, 0.6) is 0 Å². The van der Waals surface area contributed by atoms with Crippen molar-refractivity contribution in [2.45, 2.75) is 59.4 Å². The van der Waals surface area contributed by atoms with Gasteiger partial charge in [-0.2, -0.15) is 0 Å². The van der Waals surface area contributed by atoms with Gasteiger partial charge in [-0.25, -0.2) is 4.98 Å². The Kier molecular flexibility index (Phi) is 4.37. The molecule has 1 rings (SSSR count). The summed E-state index contributed by atoms with van der Waals surface area (Å²) in [6, 6.07) is 0.371. The van der Waals surface area contributed by atoms with Crippen LogP contribution in [0, 0.1) is 5.41 Å². The highest BCUT2D eigenvalue weighted by molar-refractivity contribution is 7.09. The summed E-state index contributed by atoms with van der Waals surface area (Å²) in [6.45, 7) is 13.5. The minimum atomic E-state index is 0.148. The molecule has 3 heteroatoms. The standard InChI is InChI=1S/C14H26N2S/c1-13(2,3)8-10(15-7)12-16-11(9-17-12)14(4,5)6/h9-10,15H,8H2,1-7H3. The van der Waals surface area contributed by atoms with Crippen LogP contribution in [0.15, 0.2) is 5.38 Å². The molecule has 0 saturated carbocycles. The maximum atomic E-state index is 4.79. The van der Waals surface area contributed by atoms with Gasteiger partial charge in [0, 0.05) is 10.8 Å². The summed E-state index contributed by atoms with van der Waals surface area (Å²) in [5.74, 6) is 0. The van der Waals surface area contributed by atoms with Crippen LogP contribution in [0.4, 0.5) is 0 Å². The first-order valence-electron chi connectivity index (χ1n) is 6.26. The highest BCUT2D eigenvalue weighted by Gasteiger charge is 2.24. The Morgan fingerprint density at radius 3 is 2.18 bits per heavy atom. The van der Waals surface area contributed by atoms with E-state index in [-0.39, 0.29) is 5.41 Å². The molecule has 0 aromatic carbocycles. The second-order valence-electron chi connectivity index (χ2n) is 6.93. The molecule has 0 bridgehead atoms. The highest BCUT2D eigenvalue weighted by Crippen LogP contribution is 2.32. The molecule has 0 aliphatic heterocycles. The molecule has 98 valence electrons. The zero-order valence-corrected chi connectivity index (χ0v) is 13.0. The third-order valence-electron chi connectivity index (χ3n) is 2.75. The molecule has 1 atom stereocenters. The van der Waals surface area contributed by atoms with E-state index in [2.05, 4.69) is 52.2 Å². The first kappa shape index (κ1) is 14.7. The fraction of sp³-hybridized carbons (Fsp3) is 0.786. The van der Waals surface area contributed by atoms with E-state index in [4.69, 9.17) is 4.98 Å². The quantitative estimate of drug-likeness (QED) is 0.877. The molecule has 17 heavy (non-hydrogen) atoms. The fourth-order valence-electron chi connectivity index (χ4n) is 1.72.